The first-order chi connectivity index (χ1) is 12.7. The molecule has 1 heterocycles. The van der Waals surface area contributed by atoms with Crippen molar-refractivity contribution in [1.29, 1.82) is 0 Å². The van der Waals surface area contributed by atoms with Crippen LogP contribution in [0.3, 0.4) is 0 Å². The summed E-state index contributed by atoms with van der Waals surface area (Å²) in [6.07, 6.45) is -2.63. The smallest absolute Gasteiger partial charge is 0.272 e. The first-order valence-corrected chi connectivity index (χ1v) is 9.63. The van der Waals surface area contributed by atoms with Crippen molar-refractivity contribution in [3.05, 3.63) is 52.6 Å². The summed E-state index contributed by atoms with van der Waals surface area (Å²) in [5.74, 6) is 0.113. The maximum Gasteiger partial charge on any atom is 0.272 e. The van der Waals surface area contributed by atoms with Gasteiger partial charge in [0.1, 0.15) is 12.4 Å². The number of nitrogens with zero attached hydrogens (tertiary/aromatic N) is 2. The summed E-state index contributed by atoms with van der Waals surface area (Å²) in [7, 11) is -3.98. The van der Waals surface area contributed by atoms with E-state index in [0.717, 1.165) is 11.3 Å². The molecule has 0 unspecified atom stereocenters. The number of benzene rings is 2. The van der Waals surface area contributed by atoms with Gasteiger partial charge >= 0.3 is 0 Å². The summed E-state index contributed by atoms with van der Waals surface area (Å²) in [5.41, 5.74) is 0.291. The van der Waals surface area contributed by atoms with Gasteiger partial charge in [-0.3, -0.25) is 14.8 Å². The lowest BCUT2D eigenvalue weighted by Gasteiger charge is -2.07. The van der Waals surface area contributed by atoms with Crippen molar-refractivity contribution in [2.45, 2.75) is 11.3 Å². The summed E-state index contributed by atoms with van der Waals surface area (Å²) in [4.78, 5) is 14.2. The highest BCUT2D eigenvalue weighted by molar-refractivity contribution is 7.93. The molecule has 0 aliphatic heterocycles. The molecule has 0 saturated heterocycles. The number of hydrogen-bond donors (Lipinski definition) is 1. The number of aromatic nitrogens is 1. The molecule has 27 heavy (non-hydrogen) atoms. The summed E-state index contributed by atoms with van der Waals surface area (Å²) < 4.78 is 56.6. The van der Waals surface area contributed by atoms with Crippen LogP contribution in [0.5, 0.6) is 5.75 Å². The van der Waals surface area contributed by atoms with Crippen molar-refractivity contribution >= 4 is 42.4 Å². The molecule has 0 saturated carbocycles. The highest BCUT2D eigenvalue weighted by atomic mass is 32.2. The normalized spacial score (nSPS) is 11.7. The number of anilines is 1. The molecule has 0 bridgehead atoms. The molecule has 8 nitrogen and oxygen atoms in total. The van der Waals surface area contributed by atoms with E-state index in [2.05, 4.69) is 9.71 Å². The van der Waals surface area contributed by atoms with E-state index in [9.17, 15) is 27.3 Å². The zero-order chi connectivity index (χ0) is 19.6. The molecule has 1 aromatic heterocycles. The van der Waals surface area contributed by atoms with Crippen LogP contribution >= 0.6 is 11.3 Å². The standard InChI is InChI=1S/C15H11F2N3O5S2/c16-14(17)8-25-10-2-4-11(5-3-10)27(23,24)19-15-18-12-6-1-9(20(21)22)7-13(12)26-15/h1-7,14H,8H2,(H,18,19). The van der Waals surface area contributed by atoms with Crippen LogP contribution in [-0.4, -0.2) is 31.4 Å². The van der Waals surface area contributed by atoms with Crippen LogP contribution < -0.4 is 9.46 Å². The topological polar surface area (TPSA) is 111 Å². The Morgan fingerprint density at radius 2 is 1.93 bits per heavy atom. The fourth-order valence-electron chi connectivity index (χ4n) is 2.12. The SMILES string of the molecule is O=[N+]([O-])c1ccc2nc(NS(=O)(=O)c3ccc(OCC(F)F)cc3)sc2c1. The maximum absolute atomic E-state index is 12.4. The minimum absolute atomic E-state index is 0.0449. The summed E-state index contributed by atoms with van der Waals surface area (Å²) in [6, 6.07) is 8.95. The number of rotatable bonds is 7. The molecule has 0 fully saturated rings. The number of alkyl halides is 2. The lowest BCUT2D eigenvalue weighted by molar-refractivity contribution is -0.384. The third-order valence-corrected chi connectivity index (χ3v) is 5.73. The number of ether oxygens (including phenoxy) is 1. The minimum atomic E-state index is -3.98. The fraction of sp³-hybridized carbons (Fsp3) is 0.133. The third-order valence-electron chi connectivity index (χ3n) is 3.31. The second kappa shape index (κ2) is 7.40. The van der Waals surface area contributed by atoms with Gasteiger partial charge in [-0.05, 0) is 30.3 Å². The fourth-order valence-corrected chi connectivity index (χ4v) is 4.25. The Hall–Kier alpha value is -2.86. The molecule has 0 amide bonds. The Labute approximate surface area is 155 Å². The van der Waals surface area contributed by atoms with E-state index in [1.54, 1.807) is 0 Å². The van der Waals surface area contributed by atoms with E-state index in [1.165, 1.54) is 42.5 Å². The number of nitro benzene ring substituents is 1. The van der Waals surface area contributed by atoms with Gasteiger partial charge in [0.05, 0.1) is 20.0 Å². The molecule has 0 atom stereocenters. The monoisotopic (exact) mass is 415 g/mol. The van der Waals surface area contributed by atoms with Gasteiger partial charge in [-0.25, -0.2) is 22.2 Å². The Balaban J connectivity index is 1.79. The van der Waals surface area contributed by atoms with Crippen molar-refractivity contribution < 1.29 is 26.9 Å². The minimum Gasteiger partial charge on any atom is -0.488 e. The van der Waals surface area contributed by atoms with Gasteiger partial charge in [0.15, 0.2) is 5.13 Å². The van der Waals surface area contributed by atoms with Gasteiger partial charge in [-0.2, -0.15) is 0 Å². The van der Waals surface area contributed by atoms with Crippen molar-refractivity contribution in [2.24, 2.45) is 0 Å². The number of thiazole rings is 1. The number of hydrogen-bond acceptors (Lipinski definition) is 7. The number of non-ortho nitro benzene ring substituents is 1. The van der Waals surface area contributed by atoms with E-state index >= 15 is 0 Å². The van der Waals surface area contributed by atoms with Gasteiger partial charge < -0.3 is 4.74 Å². The van der Waals surface area contributed by atoms with Crippen LogP contribution in [0.1, 0.15) is 0 Å². The summed E-state index contributed by atoms with van der Waals surface area (Å²) >= 11 is 0.951. The van der Waals surface area contributed by atoms with Gasteiger partial charge in [0, 0.05) is 12.1 Å². The summed E-state index contributed by atoms with van der Waals surface area (Å²) in [6.45, 7) is -0.789. The first-order valence-electron chi connectivity index (χ1n) is 7.33. The van der Waals surface area contributed by atoms with Crippen molar-refractivity contribution in [1.82, 2.24) is 4.98 Å². The Morgan fingerprint density at radius 3 is 2.56 bits per heavy atom. The largest absolute Gasteiger partial charge is 0.488 e. The number of nitro groups is 1. The number of halogens is 2. The average molecular weight is 415 g/mol. The Kier molecular flexibility index (Phi) is 5.19. The van der Waals surface area contributed by atoms with Gasteiger partial charge in [0.25, 0.3) is 22.1 Å². The maximum atomic E-state index is 12.4. The molecule has 0 aliphatic carbocycles. The van der Waals surface area contributed by atoms with Gasteiger partial charge in [-0.15, -0.1) is 0 Å². The molecule has 12 heteroatoms. The van der Waals surface area contributed by atoms with E-state index in [4.69, 9.17) is 4.74 Å². The van der Waals surface area contributed by atoms with Crippen molar-refractivity contribution in [3.8, 4) is 5.75 Å². The van der Waals surface area contributed by atoms with E-state index in [1.807, 2.05) is 0 Å². The molecule has 0 radical (unpaired) electrons. The molecule has 1 N–H and O–H groups in total. The molecule has 0 spiro atoms. The van der Waals surface area contributed by atoms with Crippen LogP contribution in [0.4, 0.5) is 19.6 Å². The van der Waals surface area contributed by atoms with Crippen LogP contribution in [0, 0.1) is 10.1 Å². The van der Waals surface area contributed by atoms with Gasteiger partial charge in [-0.1, -0.05) is 11.3 Å². The van der Waals surface area contributed by atoms with Crippen molar-refractivity contribution in [3.63, 3.8) is 0 Å². The van der Waals surface area contributed by atoms with Gasteiger partial charge in [0.2, 0.25) is 0 Å². The van der Waals surface area contributed by atoms with Crippen LogP contribution in [-0.2, 0) is 10.0 Å². The molecule has 3 aromatic rings. The van der Waals surface area contributed by atoms with Crippen LogP contribution in [0.15, 0.2) is 47.4 Å². The number of nitrogens with one attached hydrogen (secondary N) is 1. The predicted molar refractivity (Wildman–Crippen MR) is 95.0 cm³/mol. The molecular formula is C15H11F2N3O5S2. The number of fused-ring (bicyclic) bond motifs is 1. The average Bonchev–Trinajstić information content (AvgIpc) is 3.00. The first kappa shape index (κ1) is 18.9. The zero-order valence-corrected chi connectivity index (χ0v) is 15.0. The van der Waals surface area contributed by atoms with Crippen LogP contribution in [0.25, 0.3) is 10.2 Å². The Bertz CT molecular complexity index is 1080. The molecular weight excluding hydrogens is 404 g/mol. The quantitative estimate of drug-likeness (QED) is 0.466. The highest BCUT2D eigenvalue weighted by Crippen LogP contribution is 2.30. The van der Waals surface area contributed by atoms with E-state index < -0.39 is 28.0 Å². The predicted octanol–water partition coefficient (Wildman–Crippen LogP) is 3.65. The molecule has 3 rings (SSSR count). The van der Waals surface area contributed by atoms with Crippen LogP contribution in [0.2, 0.25) is 0 Å². The van der Waals surface area contributed by atoms with Crippen molar-refractivity contribution in [2.75, 3.05) is 11.3 Å². The third kappa shape index (κ3) is 4.46. The van der Waals surface area contributed by atoms with E-state index in [-0.39, 0.29) is 21.5 Å². The molecule has 142 valence electrons. The second-order valence-electron chi connectivity index (χ2n) is 5.21. The lowest BCUT2D eigenvalue weighted by Crippen LogP contribution is -2.13. The number of sulfonamides is 1. The molecule has 2 aromatic carbocycles. The highest BCUT2D eigenvalue weighted by Gasteiger charge is 2.18. The summed E-state index contributed by atoms with van der Waals surface area (Å²) in [5, 5.41) is 10.8. The Morgan fingerprint density at radius 1 is 1.22 bits per heavy atom. The molecule has 0 aliphatic rings. The van der Waals surface area contributed by atoms with E-state index in [0.29, 0.717) is 10.2 Å². The zero-order valence-electron chi connectivity index (χ0n) is 13.3. The second-order valence-corrected chi connectivity index (χ2v) is 7.92. The lowest BCUT2D eigenvalue weighted by atomic mass is 10.3.